The minimum Gasteiger partial charge on any atom is -0.354 e. The molecular weight excluding hydrogens is 953 g/mol. The van der Waals surface area contributed by atoms with E-state index in [0.29, 0.717) is 76.7 Å². The van der Waals surface area contributed by atoms with Crippen LogP contribution in [0.4, 0.5) is 34.1 Å². The molecule has 0 spiro atoms. The summed E-state index contributed by atoms with van der Waals surface area (Å²) in [6.07, 6.45) is 0. The lowest BCUT2D eigenvalue weighted by molar-refractivity contribution is 0.0979. The molecule has 10 aromatic rings. The molecule has 12 heteroatoms. The maximum Gasteiger partial charge on any atom is 0.255 e. The van der Waals surface area contributed by atoms with E-state index < -0.39 is 34.9 Å². The first kappa shape index (κ1) is 44.0. The Labute approximate surface area is 429 Å². The Bertz CT molecular complexity index is 4390. The van der Waals surface area contributed by atoms with Gasteiger partial charge in [-0.2, -0.15) is 0 Å². The second-order valence-corrected chi connectivity index (χ2v) is 18.9. The molecule has 4 N–H and O–H groups in total. The molecule has 358 valence electrons. The number of carbonyl (C=O) groups excluding carboxylic acids is 6. The highest BCUT2D eigenvalue weighted by atomic mass is 16.2. The lowest BCUT2D eigenvalue weighted by atomic mass is 9.80. The molecule has 14 rings (SSSR count). The Morgan fingerprint density at radius 3 is 0.961 bits per heavy atom. The van der Waals surface area contributed by atoms with E-state index in [2.05, 4.69) is 21.3 Å². The molecule has 0 bridgehead atoms. The molecular formula is C64H34N4O8. The highest BCUT2D eigenvalue weighted by Crippen LogP contribution is 2.50. The molecule has 0 fully saturated rings. The number of fused-ring (bicyclic) bond motifs is 4. The number of carbonyl (C=O) groups is 6. The van der Waals surface area contributed by atoms with E-state index in [9.17, 15) is 28.8 Å². The largest absolute Gasteiger partial charge is 0.354 e. The normalized spacial score (nSPS) is 12.8. The van der Waals surface area contributed by atoms with Gasteiger partial charge in [0.1, 0.15) is 0 Å². The predicted molar refractivity (Wildman–Crippen MR) is 294 cm³/mol. The zero-order valence-corrected chi connectivity index (χ0v) is 39.6. The summed E-state index contributed by atoms with van der Waals surface area (Å²) >= 11 is 0. The molecule has 0 unspecified atom stereocenters. The average molecular weight is 987 g/mol. The number of nitrogens with one attached hydrogen (secondary N) is 4. The lowest BCUT2D eigenvalue weighted by Crippen LogP contribution is -2.25. The molecule has 4 aliphatic carbocycles. The van der Waals surface area contributed by atoms with Crippen molar-refractivity contribution in [1.29, 1.82) is 0 Å². The fourth-order valence-corrected chi connectivity index (χ4v) is 11.4. The highest BCUT2D eigenvalue weighted by Gasteiger charge is 2.37. The number of hydrogen-bond acceptors (Lipinski definition) is 10. The molecule has 0 aromatic heterocycles. The van der Waals surface area contributed by atoms with Crippen molar-refractivity contribution < 1.29 is 28.8 Å². The molecule has 76 heavy (non-hydrogen) atoms. The number of anilines is 6. The van der Waals surface area contributed by atoms with Crippen LogP contribution < -0.4 is 32.1 Å². The Morgan fingerprint density at radius 2 is 0.592 bits per heavy atom. The van der Waals surface area contributed by atoms with Gasteiger partial charge < -0.3 is 21.3 Å². The second-order valence-electron chi connectivity index (χ2n) is 18.9. The predicted octanol–water partition coefficient (Wildman–Crippen LogP) is 12.0. The quantitative estimate of drug-likeness (QED) is 0.0844. The van der Waals surface area contributed by atoms with Gasteiger partial charge in [0.05, 0.1) is 45.0 Å². The van der Waals surface area contributed by atoms with Crippen LogP contribution in [0.2, 0.25) is 0 Å². The monoisotopic (exact) mass is 986 g/mol. The molecule has 0 heterocycles. The maximum atomic E-state index is 15.2. The van der Waals surface area contributed by atoms with Crippen LogP contribution in [0.3, 0.4) is 0 Å². The van der Waals surface area contributed by atoms with E-state index >= 15 is 9.59 Å². The third kappa shape index (κ3) is 6.31. The van der Waals surface area contributed by atoms with Crippen molar-refractivity contribution in [2.75, 3.05) is 21.3 Å². The Hall–Kier alpha value is -10.7. The minimum absolute atomic E-state index is 0.00929. The summed E-state index contributed by atoms with van der Waals surface area (Å²) in [5.41, 5.74) is 3.61. The molecule has 12 nitrogen and oxygen atoms in total. The number of ketones is 4. The summed E-state index contributed by atoms with van der Waals surface area (Å²) in [5, 5.41) is 15.9. The molecule has 0 saturated heterocycles. The van der Waals surface area contributed by atoms with E-state index in [1.54, 1.807) is 170 Å². The van der Waals surface area contributed by atoms with Crippen LogP contribution >= 0.6 is 0 Å². The molecule has 2 amide bonds. The molecule has 4 aliphatic rings. The van der Waals surface area contributed by atoms with E-state index in [1.165, 1.54) is 0 Å². The SMILES string of the molecule is O=C(Nc1ccc(Nc2cc3c4c5c2cccc5c(=O)c2cc(Nc5ccc(NC(=O)c6ccccc6)c6c5C(=O)c5ccccc5C6=O)c5cccc(c3=O)c5c2-4)c2c1C(=O)c1ccccc1C2=O)c1ccccc1. The zero-order valence-electron chi connectivity index (χ0n) is 39.6. The first-order chi connectivity index (χ1) is 37.0. The first-order valence-corrected chi connectivity index (χ1v) is 24.3. The van der Waals surface area contributed by atoms with Crippen LogP contribution in [0.5, 0.6) is 0 Å². The summed E-state index contributed by atoms with van der Waals surface area (Å²) in [4.78, 5) is 115. The number of rotatable bonds is 8. The first-order valence-electron chi connectivity index (χ1n) is 24.3. The summed E-state index contributed by atoms with van der Waals surface area (Å²) in [7, 11) is 0. The van der Waals surface area contributed by atoms with Gasteiger partial charge in [0.2, 0.25) is 0 Å². The number of benzene rings is 12. The minimum atomic E-state index is -0.470. The zero-order chi connectivity index (χ0) is 51.7. The molecule has 0 radical (unpaired) electrons. The standard InChI is InChI=1S/C64H34N4O8/c69-57-40-24-12-22-38-48(66-44-26-28-46(68-64(76)32-15-5-2-6-16-32)56-54(44)60(72)34-18-8-10-20-36(34)62(56)74)30-42-52(50(38)40)51-41(57)29-47(37-21-11-23-39(49(37)51)58(42)70)65-43-25-27-45(67-63(75)31-13-3-1-4-14-31)55-53(43)59(71)33-17-7-9-19-35(33)61(55)73/h1-30,65-66H,(H,67,75)(H,68,76). The molecule has 0 saturated carbocycles. The van der Waals surface area contributed by atoms with Crippen LogP contribution in [0.25, 0.3) is 54.2 Å². The van der Waals surface area contributed by atoms with Crippen molar-refractivity contribution in [2.24, 2.45) is 0 Å². The summed E-state index contributed by atoms with van der Waals surface area (Å²) in [6.45, 7) is 0. The molecule has 0 atom stereocenters. The number of amides is 2. The van der Waals surface area contributed by atoms with E-state index in [-0.39, 0.29) is 78.1 Å². The van der Waals surface area contributed by atoms with Crippen molar-refractivity contribution in [2.45, 2.75) is 0 Å². The van der Waals surface area contributed by atoms with Crippen LogP contribution in [0.1, 0.15) is 84.4 Å². The fraction of sp³-hybridized carbons (Fsp3) is 0. The second kappa shape index (κ2) is 16.4. The van der Waals surface area contributed by atoms with Gasteiger partial charge in [0.25, 0.3) is 11.8 Å². The van der Waals surface area contributed by atoms with E-state index in [0.717, 1.165) is 0 Å². The molecule has 0 aliphatic heterocycles. The van der Waals surface area contributed by atoms with Gasteiger partial charge in [0.15, 0.2) is 34.0 Å². The van der Waals surface area contributed by atoms with Gasteiger partial charge >= 0.3 is 0 Å². The maximum absolute atomic E-state index is 15.2. The van der Waals surface area contributed by atoms with Gasteiger partial charge in [-0.3, -0.25) is 38.4 Å². The summed E-state index contributed by atoms with van der Waals surface area (Å²) in [5.74, 6) is -2.73. The van der Waals surface area contributed by atoms with Crippen molar-refractivity contribution in [3.05, 3.63) is 258 Å². The van der Waals surface area contributed by atoms with Gasteiger partial charge in [-0.15, -0.1) is 0 Å². The average Bonchev–Trinajstić information content (AvgIpc) is 3.63. The Balaban J connectivity index is 0.931. The Kier molecular flexibility index (Phi) is 9.50. The lowest BCUT2D eigenvalue weighted by Gasteiger charge is -2.26. The topological polar surface area (TPSA) is 185 Å². The van der Waals surface area contributed by atoms with Crippen LogP contribution in [-0.2, 0) is 0 Å². The van der Waals surface area contributed by atoms with Gasteiger partial charge in [-0.05, 0) is 60.7 Å². The third-order valence-electron chi connectivity index (χ3n) is 14.8. The fourth-order valence-electron chi connectivity index (χ4n) is 11.4. The summed E-state index contributed by atoms with van der Waals surface area (Å²) in [6, 6.07) is 50.4. The van der Waals surface area contributed by atoms with Gasteiger partial charge in [-0.1, -0.05) is 121 Å². The Morgan fingerprint density at radius 1 is 0.276 bits per heavy atom. The van der Waals surface area contributed by atoms with Crippen molar-refractivity contribution >= 4 is 112 Å². The smallest absolute Gasteiger partial charge is 0.255 e. The van der Waals surface area contributed by atoms with Crippen molar-refractivity contribution in [1.82, 2.24) is 0 Å². The van der Waals surface area contributed by atoms with Crippen molar-refractivity contribution in [3.63, 3.8) is 0 Å². The van der Waals surface area contributed by atoms with Crippen LogP contribution in [0, 0.1) is 0 Å². The number of hydrogen-bond donors (Lipinski definition) is 4. The van der Waals surface area contributed by atoms with Crippen LogP contribution in [-0.4, -0.2) is 34.9 Å². The van der Waals surface area contributed by atoms with Crippen molar-refractivity contribution in [3.8, 4) is 11.1 Å². The third-order valence-corrected chi connectivity index (χ3v) is 14.8. The van der Waals surface area contributed by atoms with E-state index in [1.807, 2.05) is 12.1 Å². The highest BCUT2D eigenvalue weighted by molar-refractivity contribution is 6.36. The van der Waals surface area contributed by atoms with Crippen LogP contribution in [0.15, 0.2) is 192 Å². The van der Waals surface area contributed by atoms with E-state index in [4.69, 9.17) is 0 Å². The van der Waals surface area contributed by atoms with Gasteiger partial charge in [0, 0.05) is 99.0 Å². The van der Waals surface area contributed by atoms with Gasteiger partial charge in [-0.25, -0.2) is 0 Å². The molecule has 10 aromatic carbocycles. The summed E-state index contributed by atoms with van der Waals surface area (Å²) < 4.78 is 0.